The molecule has 0 radical (unpaired) electrons. The summed E-state index contributed by atoms with van der Waals surface area (Å²) in [6.07, 6.45) is -2.21. The van der Waals surface area contributed by atoms with Crippen LogP contribution in [0.2, 0.25) is 0 Å². The minimum atomic E-state index is -1.44. The predicted octanol–water partition coefficient (Wildman–Crippen LogP) is 8.00. The second-order valence-corrected chi connectivity index (χ2v) is 17.0. The van der Waals surface area contributed by atoms with E-state index in [1.807, 2.05) is 90.1 Å². The van der Waals surface area contributed by atoms with E-state index in [1.165, 1.54) is 0 Å². The minimum absolute atomic E-state index is 0.0276. The van der Waals surface area contributed by atoms with Crippen LogP contribution in [0.25, 0.3) is 0 Å². The van der Waals surface area contributed by atoms with E-state index in [1.54, 1.807) is 65.8 Å². The molecule has 0 spiro atoms. The molecule has 0 aliphatic rings. The van der Waals surface area contributed by atoms with Gasteiger partial charge in [0.2, 0.25) is 0 Å². The van der Waals surface area contributed by atoms with Gasteiger partial charge in [0.15, 0.2) is 0 Å². The van der Waals surface area contributed by atoms with Gasteiger partial charge in [-0.2, -0.15) is 0 Å². The number of aliphatic hydroxyl groups excluding tert-OH is 2. The fourth-order valence-electron chi connectivity index (χ4n) is 3.84. The number of carbonyl (C=O) groups excluding carboxylic acids is 5. The van der Waals surface area contributed by atoms with Crippen LogP contribution >= 0.6 is 0 Å². The van der Waals surface area contributed by atoms with Crippen molar-refractivity contribution in [2.45, 2.75) is 138 Å². The number of hydrogen-bond donors (Lipinski definition) is 5. The monoisotopic (exact) mass is 914 g/mol. The molecule has 3 aromatic rings. The first-order chi connectivity index (χ1) is 28.6. The van der Waals surface area contributed by atoms with Crippen molar-refractivity contribution in [1.29, 1.82) is 0 Å². The Morgan fingerprint density at radius 1 is 0.532 bits per heavy atom. The number of rotatable bonds is 8. The third kappa shape index (κ3) is 35.4. The molecule has 0 atom stereocenters. The number of amides is 2. The van der Waals surface area contributed by atoms with E-state index < -0.39 is 61.7 Å². The number of benzene rings is 3. The molecule has 0 saturated carbocycles. The van der Waals surface area contributed by atoms with E-state index in [0.717, 1.165) is 34.1 Å². The number of nitrogens with one attached hydrogen (secondary N) is 2. The second kappa shape index (κ2) is 29.8. The SMILES string of the molecule is CC(C)(C)OC(=O)NCc1ccc(C=O)cc1.CC(C)(C)OC(=O)NCc1ccc(CO)cc1.CC(C)(C)OC(=O)OC(=O)OC(C)(C)C.NCc1ccc(CO)cc1.[O]=[Mn]=[O]. The van der Waals surface area contributed by atoms with Crippen molar-refractivity contribution in [3.63, 3.8) is 0 Å². The molecule has 62 heavy (non-hydrogen) atoms. The molecular weight excluding hydrogens is 849 g/mol. The van der Waals surface area contributed by atoms with Crippen LogP contribution in [0.15, 0.2) is 72.8 Å². The zero-order valence-corrected chi connectivity index (χ0v) is 39.0. The Bertz CT molecular complexity index is 1750. The first-order valence-corrected chi connectivity index (χ1v) is 20.1. The van der Waals surface area contributed by atoms with Crippen LogP contribution in [0.1, 0.15) is 121 Å². The summed E-state index contributed by atoms with van der Waals surface area (Å²) in [6.45, 7) is 22.4. The van der Waals surface area contributed by atoms with Gasteiger partial charge in [-0.25, -0.2) is 19.2 Å². The maximum atomic E-state index is 11.4. The van der Waals surface area contributed by atoms with Crippen LogP contribution in [0.4, 0.5) is 19.2 Å². The Labute approximate surface area is 370 Å². The van der Waals surface area contributed by atoms with E-state index in [4.69, 9.17) is 42.6 Å². The third-order valence-corrected chi connectivity index (χ3v) is 6.38. The van der Waals surface area contributed by atoms with Crippen LogP contribution in [0, 0.1) is 0 Å². The second-order valence-electron chi connectivity index (χ2n) is 16.8. The van der Waals surface area contributed by atoms with Gasteiger partial charge in [0, 0.05) is 25.2 Å². The summed E-state index contributed by atoms with van der Waals surface area (Å²) in [5.41, 5.74) is 8.39. The van der Waals surface area contributed by atoms with Crippen molar-refractivity contribution in [1.82, 2.24) is 10.6 Å². The van der Waals surface area contributed by atoms with Gasteiger partial charge in [-0.15, -0.1) is 0 Å². The molecule has 0 saturated heterocycles. The van der Waals surface area contributed by atoms with Gasteiger partial charge in [0.25, 0.3) is 0 Å². The summed E-state index contributed by atoms with van der Waals surface area (Å²) in [4.78, 5) is 55.2. The Morgan fingerprint density at radius 2 is 0.806 bits per heavy atom. The summed E-state index contributed by atoms with van der Waals surface area (Å²) in [5, 5.41) is 22.9. The number of alkyl carbamates (subject to hydrolysis) is 2. The molecule has 3 rings (SSSR count). The fraction of sp³-hybridized carbons (Fsp3) is 0.477. The number of aliphatic hydroxyl groups is 2. The molecule has 3 aromatic carbocycles. The van der Waals surface area contributed by atoms with Gasteiger partial charge in [-0.05, 0) is 111 Å². The van der Waals surface area contributed by atoms with Crippen molar-refractivity contribution < 1.29 is 80.4 Å². The van der Waals surface area contributed by atoms with Gasteiger partial charge in [-0.1, -0.05) is 72.8 Å². The summed E-state index contributed by atoms with van der Waals surface area (Å²) >= 11 is -1.44. The number of hydrogen-bond acceptors (Lipinski definition) is 15. The fourth-order valence-corrected chi connectivity index (χ4v) is 3.84. The molecule has 0 aliphatic carbocycles. The first-order valence-electron chi connectivity index (χ1n) is 19.2. The Hall–Kier alpha value is -5.39. The van der Waals surface area contributed by atoms with Gasteiger partial charge < -0.3 is 50.3 Å². The molecule has 0 aromatic heterocycles. The summed E-state index contributed by atoms with van der Waals surface area (Å²) in [5.74, 6) is 0. The van der Waals surface area contributed by atoms with E-state index in [0.29, 0.717) is 25.2 Å². The zero-order chi connectivity index (χ0) is 48.2. The molecule has 18 heteroatoms. The standard InChI is InChI=1S/C13H19NO3.C13H17NO3.C10H18O5.C8H11NO.Mn.2O/c2*1-13(2,3)17-12(16)14-8-10-4-6-11(9-15)7-5-10;1-9(2,3)14-7(11)13-8(12)15-10(4,5)6;9-5-7-1-3-8(6-10)4-2-7;;;/h4-7,15H,8-9H2,1-3H3,(H,14,16);4-7,9H,8H2,1-3H3,(H,14,16);1-6H3;1-4,10H,5-6,9H2;;;. The Balaban J connectivity index is 0. The number of nitrogens with two attached hydrogens (primary N) is 1. The van der Waals surface area contributed by atoms with Crippen LogP contribution in [-0.2, 0) is 79.0 Å². The van der Waals surface area contributed by atoms with Crippen molar-refractivity contribution >= 4 is 30.8 Å². The van der Waals surface area contributed by atoms with E-state index in [2.05, 4.69) is 15.4 Å². The average Bonchev–Trinajstić information content (AvgIpc) is 3.15. The Morgan fingerprint density at radius 3 is 1.06 bits per heavy atom. The molecule has 347 valence electrons. The summed E-state index contributed by atoms with van der Waals surface area (Å²) in [6, 6.07) is 22.0. The normalized spacial score (nSPS) is 10.6. The summed E-state index contributed by atoms with van der Waals surface area (Å²) < 4.78 is 40.8. The van der Waals surface area contributed by atoms with Crippen molar-refractivity contribution in [2.75, 3.05) is 0 Å². The van der Waals surface area contributed by atoms with Gasteiger partial charge in [0.1, 0.15) is 28.7 Å². The van der Waals surface area contributed by atoms with Crippen LogP contribution < -0.4 is 16.4 Å². The van der Waals surface area contributed by atoms with Crippen molar-refractivity contribution in [3.05, 3.63) is 106 Å². The Kier molecular flexibility index (Phi) is 28.2. The van der Waals surface area contributed by atoms with Crippen LogP contribution in [0.5, 0.6) is 0 Å². The number of carbonyl (C=O) groups is 5. The van der Waals surface area contributed by atoms with Gasteiger partial charge in [-0.3, -0.25) is 4.79 Å². The molecule has 17 nitrogen and oxygen atoms in total. The van der Waals surface area contributed by atoms with Crippen LogP contribution in [0.3, 0.4) is 0 Å². The molecule has 0 aliphatic heterocycles. The van der Waals surface area contributed by atoms with Gasteiger partial charge in [0.05, 0.1) is 13.2 Å². The average molecular weight is 915 g/mol. The zero-order valence-electron chi connectivity index (χ0n) is 37.8. The molecule has 0 bridgehead atoms. The quantitative estimate of drug-likeness (QED) is 0.0472. The third-order valence-electron chi connectivity index (χ3n) is 6.38. The molecule has 0 fully saturated rings. The summed E-state index contributed by atoms with van der Waals surface area (Å²) in [7, 11) is 0. The molecule has 6 N–H and O–H groups in total. The first kappa shape index (κ1) is 58.7. The molecular formula is C44H65MnN3O14. The molecule has 0 heterocycles. The molecule has 0 unspecified atom stereocenters. The van der Waals surface area contributed by atoms with E-state index in [-0.39, 0.29) is 13.2 Å². The molecule has 2 amide bonds. The number of ether oxygens (including phenoxy) is 5. The number of aldehydes is 1. The predicted molar refractivity (Wildman–Crippen MR) is 226 cm³/mol. The van der Waals surface area contributed by atoms with Crippen molar-refractivity contribution in [2.24, 2.45) is 5.73 Å². The topological polar surface area (TPSA) is 256 Å². The van der Waals surface area contributed by atoms with Crippen molar-refractivity contribution in [3.8, 4) is 0 Å². The van der Waals surface area contributed by atoms with Crippen LogP contribution in [-0.4, -0.2) is 63.4 Å². The maximum absolute atomic E-state index is 11.4. The van der Waals surface area contributed by atoms with E-state index >= 15 is 0 Å². The van der Waals surface area contributed by atoms with Gasteiger partial charge >= 0.3 is 47.0 Å². The van der Waals surface area contributed by atoms with E-state index in [9.17, 15) is 24.0 Å².